The number of hydrogen-bond acceptors (Lipinski definition) is 10. The van der Waals surface area contributed by atoms with Crippen molar-refractivity contribution in [3.63, 3.8) is 0 Å². The summed E-state index contributed by atoms with van der Waals surface area (Å²) in [5.41, 5.74) is -0.179. The molecule has 7 amide bonds. The van der Waals surface area contributed by atoms with E-state index in [1.807, 2.05) is 0 Å². The number of urea groups is 2. The zero-order chi connectivity index (χ0) is 30.0. The number of imide groups is 2. The summed E-state index contributed by atoms with van der Waals surface area (Å²) < 4.78 is 5.07. The Morgan fingerprint density at radius 3 is 2.41 bits per heavy atom. The Labute approximate surface area is 237 Å². The lowest BCUT2D eigenvalue weighted by molar-refractivity contribution is -0.152. The minimum absolute atomic E-state index is 0.118. The van der Waals surface area contributed by atoms with E-state index in [1.54, 1.807) is 43.3 Å². The number of β-lactam (4-membered cyclic amide) rings is 1. The van der Waals surface area contributed by atoms with Crippen LogP contribution in [-0.2, 0) is 28.7 Å². The van der Waals surface area contributed by atoms with Crippen molar-refractivity contribution in [1.82, 2.24) is 25.3 Å². The zero-order valence-corrected chi connectivity index (χ0v) is 22.5. The lowest BCUT2D eigenvalue weighted by Crippen LogP contribution is -2.71. The number of aliphatic carboxylic acids is 1. The van der Waals surface area contributed by atoms with E-state index < -0.39 is 76.5 Å². The molecule has 2 unspecified atom stereocenters. The molecule has 2 saturated heterocycles. The molecule has 4 rings (SSSR count). The van der Waals surface area contributed by atoms with Crippen molar-refractivity contribution in [1.29, 1.82) is 5.26 Å². The average molecular weight is 585 g/mol. The number of carbonyl (C=O) groups excluding carboxylic acids is 6. The molecule has 3 heterocycles. The first-order chi connectivity index (χ1) is 19.5. The maximum absolute atomic E-state index is 13.5. The molecule has 16 heteroatoms. The summed E-state index contributed by atoms with van der Waals surface area (Å²) in [4.78, 5) is 90.0. The Bertz CT molecular complexity index is 1410. The van der Waals surface area contributed by atoms with Crippen molar-refractivity contribution >= 4 is 53.5 Å². The quantitative estimate of drug-likeness (QED) is 0.293. The van der Waals surface area contributed by atoms with Crippen molar-refractivity contribution in [3.05, 3.63) is 47.4 Å². The summed E-state index contributed by atoms with van der Waals surface area (Å²) in [7, 11) is 0. The third-order valence-corrected chi connectivity index (χ3v) is 7.82. The number of rotatable bonds is 7. The van der Waals surface area contributed by atoms with E-state index >= 15 is 0 Å². The fourth-order valence-corrected chi connectivity index (χ4v) is 5.93. The van der Waals surface area contributed by atoms with E-state index in [9.17, 15) is 38.7 Å². The van der Waals surface area contributed by atoms with Crippen LogP contribution >= 0.6 is 11.8 Å². The number of carboxylic acid groups (broad SMARTS) is 1. The van der Waals surface area contributed by atoms with Crippen molar-refractivity contribution in [2.45, 2.75) is 43.0 Å². The summed E-state index contributed by atoms with van der Waals surface area (Å²) in [5, 5.41) is 22.0. The number of nitrogens with zero attached hydrogens (tertiary/aromatic N) is 4. The summed E-state index contributed by atoms with van der Waals surface area (Å²) in [6.45, 7) is 2.42. The maximum Gasteiger partial charge on any atom is 0.356 e. The molecule has 0 aromatic heterocycles. The number of nitrogens with one attached hydrogen (secondary N) is 2. The molecule has 3 aliphatic rings. The molecule has 1 aromatic carbocycles. The van der Waals surface area contributed by atoms with Gasteiger partial charge in [0, 0.05) is 13.5 Å². The Balaban J connectivity index is 1.53. The van der Waals surface area contributed by atoms with Gasteiger partial charge in [-0.2, -0.15) is 5.26 Å². The van der Waals surface area contributed by atoms with Gasteiger partial charge in [-0.25, -0.2) is 19.3 Å². The second kappa shape index (κ2) is 11.7. The lowest BCUT2D eigenvalue weighted by Gasteiger charge is -2.50. The lowest BCUT2D eigenvalue weighted by atomic mass is 10.0. The number of ether oxygens (including phenoxy) is 1. The number of amides is 7. The fourth-order valence-electron chi connectivity index (χ4n) is 4.55. The maximum atomic E-state index is 13.5. The number of carboxylic acids is 1. The topological polar surface area (TPSA) is 207 Å². The number of thioether (sulfide) groups is 1. The molecule has 0 spiro atoms. The number of benzene rings is 1. The van der Waals surface area contributed by atoms with Crippen LogP contribution < -0.4 is 10.6 Å². The largest absolute Gasteiger partial charge is 0.476 e. The van der Waals surface area contributed by atoms with E-state index in [0.29, 0.717) is 5.56 Å². The van der Waals surface area contributed by atoms with Gasteiger partial charge in [-0.15, -0.1) is 11.8 Å². The predicted molar refractivity (Wildman–Crippen MR) is 138 cm³/mol. The van der Waals surface area contributed by atoms with Crippen LogP contribution in [0.1, 0.15) is 31.9 Å². The van der Waals surface area contributed by atoms with Gasteiger partial charge in [0.15, 0.2) is 11.5 Å². The first-order valence-corrected chi connectivity index (χ1v) is 13.2. The molecular formula is C25H24N6O9S. The molecule has 41 heavy (non-hydrogen) atoms. The van der Waals surface area contributed by atoms with Crippen molar-refractivity contribution in [2.75, 3.05) is 13.1 Å². The molecule has 4 atom stereocenters. The summed E-state index contributed by atoms with van der Waals surface area (Å²) in [6.07, 6.45) is -0.540. The van der Waals surface area contributed by atoms with E-state index in [-0.39, 0.29) is 18.8 Å². The number of fused-ring (bicyclic) bond motifs is 1. The van der Waals surface area contributed by atoms with Gasteiger partial charge < -0.3 is 20.5 Å². The molecule has 1 aromatic rings. The van der Waals surface area contributed by atoms with E-state index in [2.05, 4.69) is 10.6 Å². The molecule has 3 N–H and O–H groups in total. The van der Waals surface area contributed by atoms with Crippen LogP contribution in [0, 0.1) is 11.3 Å². The van der Waals surface area contributed by atoms with Crippen LogP contribution in [0.2, 0.25) is 0 Å². The van der Waals surface area contributed by atoms with Gasteiger partial charge >= 0.3 is 24.0 Å². The normalized spacial score (nSPS) is 22.3. The van der Waals surface area contributed by atoms with E-state index in [0.717, 1.165) is 33.4 Å². The zero-order valence-electron chi connectivity index (χ0n) is 21.7. The summed E-state index contributed by atoms with van der Waals surface area (Å²) >= 11 is 1.10. The minimum Gasteiger partial charge on any atom is -0.476 e. The minimum atomic E-state index is -1.48. The monoisotopic (exact) mass is 584 g/mol. The molecule has 214 valence electrons. The van der Waals surface area contributed by atoms with Gasteiger partial charge in [0.1, 0.15) is 23.9 Å². The van der Waals surface area contributed by atoms with Crippen LogP contribution in [0.3, 0.4) is 0 Å². The molecular weight excluding hydrogens is 560 g/mol. The Morgan fingerprint density at radius 1 is 1.15 bits per heavy atom. The molecule has 0 bridgehead atoms. The Morgan fingerprint density at radius 2 is 1.80 bits per heavy atom. The average Bonchev–Trinajstić information content (AvgIpc) is 3.32. The number of hydrogen-bond donors (Lipinski definition) is 3. The third-order valence-electron chi connectivity index (χ3n) is 6.43. The van der Waals surface area contributed by atoms with Crippen LogP contribution in [0.15, 0.2) is 41.8 Å². The van der Waals surface area contributed by atoms with Crippen LogP contribution in [0.5, 0.6) is 0 Å². The fraction of sp³-hybridized carbons (Fsp3) is 0.360. The highest BCUT2D eigenvalue weighted by atomic mass is 32.2. The molecule has 0 radical (unpaired) electrons. The first kappa shape index (κ1) is 29.1. The van der Waals surface area contributed by atoms with Gasteiger partial charge in [0.25, 0.3) is 5.91 Å². The highest BCUT2D eigenvalue weighted by Gasteiger charge is 2.57. The van der Waals surface area contributed by atoms with Crippen molar-refractivity contribution < 1.29 is 43.4 Å². The highest BCUT2D eigenvalue weighted by molar-refractivity contribution is 8.00. The second-order valence-corrected chi connectivity index (χ2v) is 10.5. The van der Waals surface area contributed by atoms with Crippen LogP contribution in [0.25, 0.3) is 0 Å². The van der Waals surface area contributed by atoms with Crippen molar-refractivity contribution in [2.24, 2.45) is 0 Å². The predicted octanol–water partition coefficient (Wildman–Crippen LogP) is 0.263. The van der Waals surface area contributed by atoms with Crippen LogP contribution in [-0.4, -0.2) is 91.3 Å². The summed E-state index contributed by atoms with van der Waals surface area (Å²) in [6, 6.07) is 5.17. The molecule has 3 aliphatic heterocycles. The van der Waals surface area contributed by atoms with Gasteiger partial charge in [0.2, 0.25) is 11.8 Å². The molecule has 2 fully saturated rings. The Hall–Kier alpha value is -4.91. The highest BCUT2D eigenvalue weighted by Crippen LogP contribution is 2.44. The molecule has 0 aliphatic carbocycles. The smallest absolute Gasteiger partial charge is 0.356 e. The SMILES string of the molecule is CC(=O)OC1=C(C(=O)O)N2C(=O)C(NC(=O)[C@H](NC(=O)N3CCN(C(=O)CC#N)C3=O)c3ccccc3)[C@H]2SC1C. The number of esters is 1. The second-order valence-electron chi connectivity index (χ2n) is 9.08. The number of carbonyl (C=O) groups is 7. The Kier molecular flexibility index (Phi) is 8.28. The standard InChI is InChI=1S/C25H24N6O9S/c1-12-19(40-13(2)32)18(23(36)37)31-21(35)17(22(31)41-12)27-20(34)16(14-6-4-3-5-7-14)28-24(38)30-11-10-29(25(30)39)15(33)8-9-26/h3-7,12,16-17,22H,8,10-11H2,1-2H3,(H,27,34)(H,28,38)(H,36,37)/t12?,16-,17?,22-/m1/s1. The third kappa shape index (κ3) is 5.57. The summed E-state index contributed by atoms with van der Waals surface area (Å²) in [5.74, 6) is -4.75. The molecule has 0 saturated carbocycles. The van der Waals surface area contributed by atoms with Crippen molar-refractivity contribution in [3.8, 4) is 6.07 Å². The van der Waals surface area contributed by atoms with Gasteiger partial charge in [0.05, 0.1) is 17.9 Å². The first-order valence-electron chi connectivity index (χ1n) is 12.2. The number of nitriles is 1. The van der Waals surface area contributed by atoms with E-state index in [1.165, 1.54) is 0 Å². The van der Waals surface area contributed by atoms with Gasteiger partial charge in [-0.05, 0) is 12.5 Å². The van der Waals surface area contributed by atoms with Gasteiger partial charge in [-0.1, -0.05) is 30.3 Å². The van der Waals surface area contributed by atoms with E-state index in [4.69, 9.17) is 10.00 Å². The van der Waals surface area contributed by atoms with Crippen LogP contribution in [0.4, 0.5) is 9.59 Å². The van der Waals surface area contributed by atoms with Gasteiger partial charge in [-0.3, -0.25) is 29.0 Å². The molecule has 15 nitrogen and oxygen atoms in total.